The molecule has 1 amide bonds. The first-order chi connectivity index (χ1) is 18.9. The molecule has 1 aliphatic heterocycles. The van der Waals surface area contributed by atoms with Crippen LogP contribution in [0.15, 0.2) is 90.1 Å². The van der Waals surface area contributed by atoms with E-state index in [1.807, 2.05) is 83.8 Å². The van der Waals surface area contributed by atoms with Crippen molar-refractivity contribution in [3.8, 4) is 5.75 Å². The lowest BCUT2D eigenvalue weighted by Gasteiger charge is -2.37. The molecule has 3 aromatic carbocycles. The van der Waals surface area contributed by atoms with Crippen LogP contribution in [0.5, 0.6) is 5.75 Å². The van der Waals surface area contributed by atoms with E-state index in [4.69, 9.17) is 4.74 Å². The van der Waals surface area contributed by atoms with Crippen LogP contribution in [0.2, 0.25) is 0 Å². The molecule has 0 fully saturated rings. The lowest BCUT2D eigenvalue weighted by molar-refractivity contribution is -0.119. The van der Waals surface area contributed by atoms with Gasteiger partial charge in [-0.3, -0.25) is 14.5 Å². The summed E-state index contributed by atoms with van der Waals surface area (Å²) in [6.07, 6.45) is 4.42. The molecule has 0 radical (unpaired) electrons. The van der Waals surface area contributed by atoms with Gasteiger partial charge in [-0.2, -0.15) is 0 Å². The number of ether oxygens (including phenoxy) is 1. The highest BCUT2D eigenvalue weighted by Gasteiger charge is 2.43. The number of carbonyl (C=O) groups is 2. The van der Waals surface area contributed by atoms with Crippen molar-refractivity contribution in [3.63, 3.8) is 0 Å². The van der Waals surface area contributed by atoms with Crippen molar-refractivity contribution in [2.75, 3.05) is 10.2 Å². The Balaban J connectivity index is 1.67. The highest BCUT2D eigenvalue weighted by atomic mass is 16.5. The third-order valence-electron chi connectivity index (χ3n) is 7.61. The summed E-state index contributed by atoms with van der Waals surface area (Å²) < 4.78 is 6.40. The van der Waals surface area contributed by atoms with Crippen LogP contribution in [-0.2, 0) is 16.2 Å². The zero-order valence-corrected chi connectivity index (χ0v) is 23.2. The third-order valence-corrected chi connectivity index (χ3v) is 7.61. The zero-order chi connectivity index (χ0) is 27.4. The first-order valence-electron chi connectivity index (χ1n) is 14.1. The van der Waals surface area contributed by atoms with Crippen LogP contribution >= 0.6 is 0 Å². The van der Waals surface area contributed by atoms with Gasteiger partial charge in [0.05, 0.1) is 17.4 Å². The Labute approximate surface area is 231 Å². The number of allylic oxidation sites excluding steroid dienone is 1. The number of nitrogens with one attached hydrogen (secondary N) is 1. The summed E-state index contributed by atoms with van der Waals surface area (Å²) in [5.74, 6) is 0.782. The van der Waals surface area contributed by atoms with Crippen molar-refractivity contribution in [1.82, 2.24) is 0 Å². The number of anilines is 2. The van der Waals surface area contributed by atoms with E-state index in [0.29, 0.717) is 30.8 Å². The Morgan fingerprint density at radius 2 is 1.67 bits per heavy atom. The van der Waals surface area contributed by atoms with Crippen LogP contribution in [0.25, 0.3) is 0 Å². The molecule has 0 aromatic heterocycles. The van der Waals surface area contributed by atoms with Crippen LogP contribution in [0, 0.1) is 5.41 Å². The SMILES string of the molecule is CCCCCC(=O)N1c2ccccc2NC2=C(C(=O)CC(C)(C)C2)[C@@H]1c1ccccc1OCc1ccccc1. The number of Topliss-reactive ketones (excluding diaryl/α,β-unsaturated/α-hetero) is 1. The van der Waals surface area contributed by atoms with E-state index in [1.165, 1.54) is 0 Å². The highest BCUT2D eigenvalue weighted by molar-refractivity contribution is 6.06. The standard InChI is InChI=1S/C34H38N2O3/c1-4-5-7-20-31(38)36-28-18-12-11-17-26(28)35-27-21-34(2,3)22-29(37)32(27)33(36)25-16-10-13-19-30(25)39-23-24-14-8-6-9-15-24/h6,8-19,33,35H,4-5,7,20-23H2,1-3H3/t33-/m0/s1. The molecule has 3 aromatic rings. The van der Waals surface area contributed by atoms with Crippen molar-refractivity contribution in [1.29, 1.82) is 0 Å². The molecule has 1 atom stereocenters. The summed E-state index contributed by atoms with van der Waals surface area (Å²) in [5.41, 5.74) is 4.93. The third kappa shape index (κ3) is 5.78. The number of hydrogen-bond acceptors (Lipinski definition) is 4. The Kier molecular flexibility index (Phi) is 7.87. The van der Waals surface area contributed by atoms with Crippen LogP contribution in [0.4, 0.5) is 11.4 Å². The number of ketones is 1. The number of fused-ring (bicyclic) bond motifs is 1. The predicted molar refractivity (Wildman–Crippen MR) is 157 cm³/mol. The minimum Gasteiger partial charge on any atom is -0.489 e. The van der Waals surface area contributed by atoms with Crippen LogP contribution in [0.1, 0.15) is 76.5 Å². The van der Waals surface area contributed by atoms with Crippen molar-refractivity contribution in [3.05, 3.63) is 101 Å². The summed E-state index contributed by atoms with van der Waals surface area (Å²) in [6.45, 7) is 6.80. The number of hydrogen-bond donors (Lipinski definition) is 1. The Morgan fingerprint density at radius 1 is 0.949 bits per heavy atom. The largest absolute Gasteiger partial charge is 0.489 e. The molecular weight excluding hydrogens is 484 g/mol. The van der Waals surface area contributed by atoms with Crippen molar-refractivity contribution in [2.45, 2.75) is 71.9 Å². The fourth-order valence-corrected chi connectivity index (χ4v) is 5.78. The van der Waals surface area contributed by atoms with Crippen LogP contribution < -0.4 is 15.0 Å². The first kappa shape index (κ1) is 26.7. The topological polar surface area (TPSA) is 58.6 Å². The van der Waals surface area contributed by atoms with Crippen molar-refractivity contribution < 1.29 is 14.3 Å². The molecule has 1 N–H and O–H groups in total. The normalized spacial score (nSPS) is 18.1. The molecule has 2 aliphatic rings. The van der Waals surface area contributed by atoms with Gasteiger partial charge in [-0.25, -0.2) is 0 Å². The Morgan fingerprint density at radius 3 is 2.46 bits per heavy atom. The molecule has 1 aliphatic carbocycles. The fourth-order valence-electron chi connectivity index (χ4n) is 5.78. The van der Waals surface area contributed by atoms with Gasteiger partial charge in [0, 0.05) is 29.7 Å². The van der Waals surface area contributed by atoms with Gasteiger partial charge >= 0.3 is 0 Å². The number of unbranched alkanes of at least 4 members (excludes halogenated alkanes) is 2. The number of amides is 1. The molecule has 0 saturated heterocycles. The maximum absolute atomic E-state index is 14.1. The summed E-state index contributed by atoms with van der Waals surface area (Å²) in [4.78, 5) is 29.9. The lowest BCUT2D eigenvalue weighted by Crippen LogP contribution is -2.39. The molecule has 5 rings (SSSR count). The molecule has 0 saturated carbocycles. The molecule has 0 unspecified atom stereocenters. The van der Waals surface area contributed by atoms with E-state index in [1.54, 1.807) is 0 Å². The van der Waals surface area contributed by atoms with E-state index >= 15 is 0 Å². The number of carbonyl (C=O) groups excluding carboxylic acids is 2. The van der Waals surface area contributed by atoms with E-state index in [-0.39, 0.29) is 17.1 Å². The minimum absolute atomic E-state index is 0.0203. The second-order valence-corrected chi connectivity index (χ2v) is 11.4. The summed E-state index contributed by atoms with van der Waals surface area (Å²) >= 11 is 0. The molecule has 202 valence electrons. The fraction of sp³-hybridized carbons (Fsp3) is 0.353. The van der Waals surface area contributed by atoms with E-state index < -0.39 is 6.04 Å². The molecule has 0 bridgehead atoms. The van der Waals surface area contributed by atoms with E-state index in [9.17, 15) is 9.59 Å². The smallest absolute Gasteiger partial charge is 0.227 e. The minimum atomic E-state index is -0.583. The summed E-state index contributed by atoms with van der Waals surface area (Å²) in [6, 6.07) is 25.2. The predicted octanol–water partition coefficient (Wildman–Crippen LogP) is 7.99. The molecular formula is C34H38N2O3. The van der Waals surface area contributed by atoms with Gasteiger partial charge in [0.25, 0.3) is 0 Å². The van der Waals surface area contributed by atoms with Gasteiger partial charge < -0.3 is 10.1 Å². The van der Waals surface area contributed by atoms with Crippen LogP contribution in [-0.4, -0.2) is 11.7 Å². The first-order valence-corrected chi connectivity index (χ1v) is 14.1. The number of para-hydroxylation sites is 3. The Hall–Kier alpha value is -3.86. The lowest BCUT2D eigenvalue weighted by atomic mass is 9.73. The maximum atomic E-state index is 14.1. The second kappa shape index (κ2) is 11.5. The van der Waals surface area contributed by atoms with Crippen molar-refractivity contribution >= 4 is 23.1 Å². The van der Waals surface area contributed by atoms with Gasteiger partial charge in [-0.1, -0.05) is 94.3 Å². The average molecular weight is 523 g/mol. The highest BCUT2D eigenvalue weighted by Crippen LogP contribution is 2.50. The zero-order valence-electron chi connectivity index (χ0n) is 23.2. The van der Waals surface area contributed by atoms with Gasteiger partial charge in [-0.05, 0) is 42.0 Å². The molecule has 0 spiro atoms. The van der Waals surface area contributed by atoms with Crippen molar-refractivity contribution in [2.24, 2.45) is 5.41 Å². The van der Waals surface area contributed by atoms with E-state index in [2.05, 4.69) is 26.1 Å². The number of benzene rings is 3. The quantitative estimate of drug-likeness (QED) is 0.305. The number of rotatable bonds is 8. The van der Waals surface area contributed by atoms with Gasteiger partial charge in [0.15, 0.2) is 5.78 Å². The van der Waals surface area contributed by atoms with Gasteiger partial charge in [0.2, 0.25) is 5.91 Å². The summed E-state index contributed by atoms with van der Waals surface area (Å²) in [5, 5.41) is 3.60. The van der Waals surface area contributed by atoms with Gasteiger partial charge in [-0.15, -0.1) is 0 Å². The maximum Gasteiger partial charge on any atom is 0.227 e. The second-order valence-electron chi connectivity index (χ2n) is 11.4. The molecule has 5 nitrogen and oxygen atoms in total. The monoisotopic (exact) mass is 522 g/mol. The molecule has 39 heavy (non-hydrogen) atoms. The van der Waals surface area contributed by atoms with Gasteiger partial charge in [0.1, 0.15) is 12.4 Å². The van der Waals surface area contributed by atoms with E-state index in [0.717, 1.165) is 53.9 Å². The number of nitrogens with zero attached hydrogens (tertiary/aromatic N) is 1. The average Bonchev–Trinajstić information content (AvgIpc) is 3.06. The summed E-state index contributed by atoms with van der Waals surface area (Å²) in [7, 11) is 0. The van der Waals surface area contributed by atoms with Crippen LogP contribution in [0.3, 0.4) is 0 Å². The molecule has 5 heteroatoms. The molecule has 1 heterocycles. The Bertz CT molecular complexity index is 1380.